The van der Waals surface area contributed by atoms with Gasteiger partial charge >= 0.3 is 6.09 Å². The number of rotatable bonds is 7. The lowest BCUT2D eigenvalue weighted by Crippen LogP contribution is -2.36. The number of hydrogen-bond donors (Lipinski definition) is 2. The number of aromatic nitrogens is 1. The number of hydrogen-bond acceptors (Lipinski definition) is 7. The van der Waals surface area contributed by atoms with Crippen molar-refractivity contribution >= 4 is 23.2 Å². The van der Waals surface area contributed by atoms with E-state index in [0.717, 1.165) is 5.39 Å². The van der Waals surface area contributed by atoms with Gasteiger partial charge in [0.2, 0.25) is 0 Å². The first-order valence-electron chi connectivity index (χ1n) is 9.60. The third-order valence-corrected chi connectivity index (χ3v) is 4.92. The maximum Gasteiger partial charge on any atom is 0.415 e. The van der Waals surface area contributed by atoms with Gasteiger partial charge in [-0.3, -0.25) is 14.7 Å². The number of nitrogens with one attached hydrogen (secondary N) is 2. The number of carbonyl (C=O) groups is 1. The first kappa shape index (κ1) is 19.9. The molecular weight excluding hydrogens is 393 g/mol. The minimum atomic E-state index is -0.528. The van der Waals surface area contributed by atoms with Gasteiger partial charge in [0.25, 0.3) is 5.56 Å². The lowest BCUT2D eigenvalue weighted by Gasteiger charge is -2.19. The van der Waals surface area contributed by atoms with Crippen LogP contribution in [-0.4, -0.2) is 60.7 Å². The Morgan fingerprint density at radius 3 is 2.97 bits per heavy atom. The van der Waals surface area contributed by atoms with Crippen LogP contribution in [0.25, 0.3) is 10.9 Å². The Morgan fingerprint density at radius 1 is 1.33 bits per heavy atom. The molecule has 2 aliphatic heterocycles. The average Bonchev–Trinajstić information content (AvgIpc) is 3.13. The number of benzene rings is 1. The maximum absolute atomic E-state index is 14.3. The fourth-order valence-corrected chi connectivity index (χ4v) is 3.41. The summed E-state index contributed by atoms with van der Waals surface area (Å²) in [6, 6.07) is 6.00. The molecule has 0 saturated carbocycles. The molecule has 0 radical (unpaired) electrons. The van der Waals surface area contributed by atoms with E-state index in [1.54, 1.807) is 31.6 Å². The molecule has 2 aromatic rings. The number of fused-ring (bicyclic) bond motifs is 1. The molecule has 1 amide bonds. The summed E-state index contributed by atoms with van der Waals surface area (Å²) in [5, 5.41) is 6.93. The Morgan fingerprint density at radius 2 is 2.17 bits per heavy atom. The predicted molar refractivity (Wildman–Crippen MR) is 109 cm³/mol. The number of ether oxygens (including phenoxy) is 2. The topological polar surface area (TPSA) is 97.2 Å². The summed E-state index contributed by atoms with van der Waals surface area (Å²) < 4.78 is 26.7. The molecule has 0 unspecified atom stereocenters. The van der Waals surface area contributed by atoms with E-state index >= 15 is 0 Å². The quantitative estimate of drug-likeness (QED) is 0.654. The molecule has 0 aliphatic carbocycles. The van der Waals surface area contributed by atoms with Gasteiger partial charge in [0.05, 0.1) is 24.8 Å². The molecule has 1 aromatic heterocycles. The first-order chi connectivity index (χ1) is 14.5. The van der Waals surface area contributed by atoms with Gasteiger partial charge in [-0.2, -0.15) is 0 Å². The summed E-state index contributed by atoms with van der Waals surface area (Å²) in [5.41, 5.74) is 0.177. The van der Waals surface area contributed by atoms with E-state index in [1.165, 1.54) is 21.6 Å². The standard InChI is InChI=1S/C20H22FN5O4/c1-25-17(27)5-3-13-2-4-15(21)19(18(13)25)29-9-8-23-10-14-12-26(20(28)30-14)16-11-22-6-7-24-16/h2-6,11,14,23-24H,7-10,12H2,1H3/t14-/m0/s1. The van der Waals surface area contributed by atoms with Gasteiger partial charge in [0.15, 0.2) is 11.6 Å². The van der Waals surface area contributed by atoms with Crippen molar-refractivity contribution in [1.29, 1.82) is 0 Å². The van der Waals surface area contributed by atoms with Crippen molar-refractivity contribution in [1.82, 2.24) is 20.1 Å². The molecule has 30 heavy (non-hydrogen) atoms. The summed E-state index contributed by atoms with van der Waals surface area (Å²) in [7, 11) is 1.58. The molecule has 1 atom stereocenters. The molecule has 2 N–H and O–H groups in total. The molecule has 0 bridgehead atoms. The van der Waals surface area contributed by atoms with Crippen molar-refractivity contribution in [2.45, 2.75) is 6.10 Å². The highest BCUT2D eigenvalue weighted by atomic mass is 19.1. The van der Waals surface area contributed by atoms with Crippen LogP contribution in [0.4, 0.5) is 9.18 Å². The highest BCUT2D eigenvalue weighted by molar-refractivity contribution is 5.85. The lowest BCUT2D eigenvalue weighted by molar-refractivity contribution is 0.133. The van der Waals surface area contributed by atoms with Gasteiger partial charge in [-0.15, -0.1) is 0 Å². The average molecular weight is 415 g/mol. The van der Waals surface area contributed by atoms with Gasteiger partial charge in [-0.05, 0) is 18.2 Å². The summed E-state index contributed by atoms with van der Waals surface area (Å²) in [5.74, 6) is 0.134. The van der Waals surface area contributed by atoms with E-state index in [2.05, 4.69) is 15.6 Å². The summed E-state index contributed by atoms with van der Waals surface area (Å²) in [6.07, 6.45) is 2.55. The number of aliphatic imine (C=N–C) groups is 1. The van der Waals surface area contributed by atoms with Crippen molar-refractivity contribution < 1.29 is 18.7 Å². The number of amides is 1. The van der Waals surface area contributed by atoms with Crippen LogP contribution < -0.4 is 20.9 Å². The zero-order chi connectivity index (χ0) is 21.1. The van der Waals surface area contributed by atoms with Crippen LogP contribution >= 0.6 is 0 Å². The SMILES string of the molecule is Cn1c(=O)ccc2ccc(F)c(OCCNC[C@H]3CN(C4=CN=CCN4)C(=O)O3)c21. The van der Waals surface area contributed by atoms with Gasteiger partial charge in [-0.1, -0.05) is 0 Å². The van der Waals surface area contributed by atoms with E-state index in [9.17, 15) is 14.0 Å². The monoisotopic (exact) mass is 415 g/mol. The van der Waals surface area contributed by atoms with Crippen LogP contribution in [-0.2, 0) is 11.8 Å². The molecule has 0 spiro atoms. The molecule has 1 fully saturated rings. The molecule has 2 aliphatic rings. The van der Waals surface area contributed by atoms with E-state index in [-0.39, 0.29) is 24.0 Å². The fraction of sp³-hybridized carbons (Fsp3) is 0.350. The number of aryl methyl sites for hydroxylation is 1. The second-order valence-corrected chi connectivity index (χ2v) is 6.94. The normalized spacial score (nSPS) is 18.3. The minimum absolute atomic E-state index is 0.0452. The van der Waals surface area contributed by atoms with Gasteiger partial charge in [0, 0.05) is 37.8 Å². The predicted octanol–water partition coefficient (Wildman–Crippen LogP) is 0.940. The maximum atomic E-state index is 14.3. The van der Waals surface area contributed by atoms with Gasteiger partial charge in [-0.25, -0.2) is 9.18 Å². The third kappa shape index (κ3) is 3.99. The number of halogens is 1. The lowest BCUT2D eigenvalue weighted by atomic mass is 10.2. The Labute approximate surface area is 171 Å². The largest absolute Gasteiger partial charge is 0.487 e. The van der Waals surface area contributed by atoms with Crippen molar-refractivity contribution in [2.24, 2.45) is 12.0 Å². The number of nitrogens with zero attached hydrogens (tertiary/aromatic N) is 3. The van der Waals surface area contributed by atoms with Gasteiger partial charge in [0.1, 0.15) is 18.5 Å². The van der Waals surface area contributed by atoms with Crippen LogP contribution in [0, 0.1) is 5.82 Å². The Hall–Kier alpha value is -3.40. The smallest absolute Gasteiger partial charge is 0.415 e. The van der Waals surface area contributed by atoms with E-state index in [0.29, 0.717) is 37.5 Å². The highest BCUT2D eigenvalue weighted by Gasteiger charge is 2.33. The zero-order valence-corrected chi connectivity index (χ0v) is 16.4. The first-order valence-corrected chi connectivity index (χ1v) is 9.60. The van der Waals surface area contributed by atoms with E-state index in [4.69, 9.17) is 9.47 Å². The van der Waals surface area contributed by atoms with E-state index < -0.39 is 11.9 Å². The molecule has 4 rings (SSSR count). The van der Waals surface area contributed by atoms with Crippen molar-refractivity contribution in [2.75, 3.05) is 32.8 Å². The van der Waals surface area contributed by atoms with Crippen LogP contribution in [0.5, 0.6) is 5.75 Å². The molecule has 9 nitrogen and oxygen atoms in total. The number of cyclic esters (lactones) is 1. The molecule has 10 heteroatoms. The summed E-state index contributed by atoms with van der Waals surface area (Å²) in [4.78, 5) is 29.5. The molecule has 1 saturated heterocycles. The molecule has 158 valence electrons. The Kier molecular flexibility index (Phi) is 5.66. The van der Waals surface area contributed by atoms with Crippen LogP contribution in [0.1, 0.15) is 0 Å². The molecule has 1 aromatic carbocycles. The third-order valence-electron chi connectivity index (χ3n) is 4.92. The van der Waals surface area contributed by atoms with Crippen molar-refractivity contribution in [3.05, 3.63) is 52.5 Å². The second kappa shape index (κ2) is 8.54. The van der Waals surface area contributed by atoms with E-state index in [1.807, 2.05) is 0 Å². The summed E-state index contributed by atoms with van der Waals surface area (Å²) in [6.45, 7) is 1.99. The Bertz CT molecular complexity index is 1080. The van der Waals surface area contributed by atoms with Gasteiger partial charge < -0.3 is 24.7 Å². The number of pyridine rings is 1. The molecule has 3 heterocycles. The second-order valence-electron chi connectivity index (χ2n) is 6.94. The van der Waals surface area contributed by atoms with Crippen molar-refractivity contribution in [3.63, 3.8) is 0 Å². The Balaban J connectivity index is 1.30. The van der Waals surface area contributed by atoms with Crippen molar-refractivity contribution in [3.8, 4) is 5.75 Å². The fourth-order valence-electron chi connectivity index (χ4n) is 3.41. The van der Waals surface area contributed by atoms with Crippen LogP contribution in [0.15, 0.2) is 46.1 Å². The zero-order valence-electron chi connectivity index (χ0n) is 16.4. The van der Waals surface area contributed by atoms with Crippen LogP contribution in [0.3, 0.4) is 0 Å². The number of carbonyl (C=O) groups excluding carboxylic acids is 1. The van der Waals surface area contributed by atoms with Crippen LogP contribution in [0.2, 0.25) is 0 Å². The summed E-state index contributed by atoms with van der Waals surface area (Å²) >= 11 is 0. The highest BCUT2D eigenvalue weighted by Crippen LogP contribution is 2.27. The minimum Gasteiger partial charge on any atom is -0.487 e. The molecular formula is C20H22FN5O4.